The van der Waals surface area contributed by atoms with E-state index in [1.165, 1.54) is 12.8 Å². The van der Waals surface area contributed by atoms with Gasteiger partial charge in [0.15, 0.2) is 0 Å². The Kier molecular flexibility index (Phi) is 3.97. The summed E-state index contributed by atoms with van der Waals surface area (Å²) in [6.07, 6.45) is 4.86. The van der Waals surface area contributed by atoms with E-state index in [-0.39, 0.29) is 5.91 Å². The van der Waals surface area contributed by atoms with Gasteiger partial charge in [0.1, 0.15) is 0 Å². The Bertz CT molecular complexity index is 209. The van der Waals surface area contributed by atoms with Crippen molar-refractivity contribution >= 4 is 5.91 Å². The highest BCUT2D eigenvalue weighted by Gasteiger charge is 2.19. The van der Waals surface area contributed by atoms with Gasteiger partial charge in [0, 0.05) is 19.1 Å². The van der Waals surface area contributed by atoms with E-state index in [2.05, 4.69) is 10.2 Å². The molecule has 0 bridgehead atoms. The number of nitrogens with zero attached hydrogens (tertiary/aromatic N) is 1. The fourth-order valence-corrected chi connectivity index (χ4v) is 2.31. The van der Waals surface area contributed by atoms with E-state index in [0.717, 1.165) is 39.1 Å². The molecule has 1 amide bonds. The van der Waals surface area contributed by atoms with Crippen molar-refractivity contribution in [2.24, 2.45) is 0 Å². The van der Waals surface area contributed by atoms with Crippen LogP contribution in [-0.2, 0) is 9.53 Å². The Morgan fingerprint density at radius 3 is 2.60 bits per heavy atom. The van der Waals surface area contributed by atoms with E-state index in [4.69, 9.17) is 4.74 Å². The molecule has 2 rings (SSSR count). The molecule has 4 heteroatoms. The van der Waals surface area contributed by atoms with Crippen molar-refractivity contribution in [3.05, 3.63) is 0 Å². The van der Waals surface area contributed by atoms with Gasteiger partial charge in [-0.05, 0) is 12.8 Å². The van der Waals surface area contributed by atoms with Gasteiger partial charge in [-0.25, -0.2) is 0 Å². The van der Waals surface area contributed by atoms with Crippen molar-refractivity contribution in [1.29, 1.82) is 0 Å². The Labute approximate surface area is 91.0 Å². The predicted octanol–water partition coefficient (Wildman–Crippen LogP) is 0.377. The molecule has 0 atom stereocenters. The zero-order valence-corrected chi connectivity index (χ0v) is 9.21. The van der Waals surface area contributed by atoms with Crippen LogP contribution in [0.4, 0.5) is 0 Å². The summed E-state index contributed by atoms with van der Waals surface area (Å²) in [5, 5.41) is 3.10. The van der Waals surface area contributed by atoms with Crippen LogP contribution in [0.25, 0.3) is 0 Å². The number of carbonyl (C=O) groups is 1. The maximum Gasteiger partial charge on any atom is 0.234 e. The molecule has 4 nitrogen and oxygen atoms in total. The fraction of sp³-hybridized carbons (Fsp3) is 0.909. The number of ether oxygens (including phenoxy) is 1. The van der Waals surface area contributed by atoms with Crippen LogP contribution in [0.5, 0.6) is 0 Å². The normalized spacial score (nSPS) is 24.3. The van der Waals surface area contributed by atoms with Gasteiger partial charge in [-0.2, -0.15) is 0 Å². The van der Waals surface area contributed by atoms with Crippen LogP contribution in [0.3, 0.4) is 0 Å². The lowest BCUT2D eigenvalue weighted by Crippen LogP contribution is -2.45. The highest BCUT2D eigenvalue weighted by molar-refractivity contribution is 5.78. The Morgan fingerprint density at radius 2 is 1.93 bits per heavy atom. The molecule has 0 aromatic carbocycles. The van der Waals surface area contributed by atoms with Crippen LogP contribution in [-0.4, -0.2) is 49.7 Å². The number of hydrogen-bond donors (Lipinski definition) is 1. The summed E-state index contributed by atoms with van der Waals surface area (Å²) in [7, 11) is 0. The fourth-order valence-electron chi connectivity index (χ4n) is 2.31. The maximum absolute atomic E-state index is 11.7. The predicted molar refractivity (Wildman–Crippen MR) is 57.7 cm³/mol. The Hall–Kier alpha value is -0.610. The summed E-state index contributed by atoms with van der Waals surface area (Å²) in [6.45, 7) is 3.84. The van der Waals surface area contributed by atoms with E-state index in [1.807, 2.05) is 0 Å². The van der Waals surface area contributed by atoms with Crippen molar-refractivity contribution in [3.63, 3.8) is 0 Å². The third-order valence-electron chi connectivity index (χ3n) is 3.19. The van der Waals surface area contributed by atoms with Crippen molar-refractivity contribution in [2.75, 3.05) is 32.8 Å². The molecule has 2 fully saturated rings. The lowest BCUT2D eigenvalue weighted by atomic mass is 10.2. The summed E-state index contributed by atoms with van der Waals surface area (Å²) in [4.78, 5) is 13.8. The molecule has 0 aromatic rings. The van der Waals surface area contributed by atoms with Crippen molar-refractivity contribution in [2.45, 2.75) is 31.7 Å². The molecule has 0 spiro atoms. The lowest BCUT2D eigenvalue weighted by molar-refractivity contribution is -0.123. The molecule has 1 aliphatic heterocycles. The number of nitrogens with one attached hydrogen (secondary N) is 1. The standard InChI is InChI=1S/C11H20N2O2/c14-11(12-10-3-1-2-4-10)9-13-5-7-15-8-6-13/h10H,1-9H2,(H,12,14). The van der Waals surface area contributed by atoms with Gasteiger partial charge in [0.2, 0.25) is 5.91 Å². The molecule has 0 aromatic heterocycles. The van der Waals surface area contributed by atoms with Gasteiger partial charge >= 0.3 is 0 Å². The topological polar surface area (TPSA) is 41.6 Å². The molecule has 2 aliphatic rings. The second-order valence-electron chi connectivity index (χ2n) is 4.44. The SMILES string of the molecule is O=C(CN1CCOCC1)NC1CCCC1. The van der Waals surface area contributed by atoms with Gasteiger partial charge in [-0.15, -0.1) is 0 Å². The van der Waals surface area contributed by atoms with Gasteiger partial charge in [0.05, 0.1) is 19.8 Å². The average molecular weight is 212 g/mol. The molecule has 1 saturated carbocycles. The van der Waals surface area contributed by atoms with Crippen molar-refractivity contribution < 1.29 is 9.53 Å². The summed E-state index contributed by atoms with van der Waals surface area (Å²) in [5.41, 5.74) is 0. The molecule has 15 heavy (non-hydrogen) atoms. The molecule has 0 unspecified atom stereocenters. The quantitative estimate of drug-likeness (QED) is 0.735. The highest BCUT2D eigenvalue weighted by atomic mass is 16.5. The van der Waals surface area contributed by atoms with Crippen LogP contribution in [0.15, 0.2) is 0 Å². The number of morpholine rings is 1. The van der Waals surface area contributed by atoms with E-state index in [0.29, 0.717) is 12.6 Å². The highest BCUT2D eigenvalue weighted by Crippen LogP contribution is 2.17. The van der Waals surface area contributed by atoms with Crippen LogP contribution < -0.4 is 5.32 Å². The molecule has 1 N–H and O–H groups in total. The van der Waals surface area contributed by atoms with Gasteiger partial charge < -0.3 is 10.1 Å². The largest absolute Gasteiger partial charge is 0.379 e. The van der Waals surface area contributed by atoms with Crippen molar-refractivity contribution in [3.8, 4) is 0 Å². The third-order valence-corrected chi connectivity index (χ3v) is 3.19. The average Bonchev–Trinajstić information content (AvgIpc) is 2.71. The van der Waals surface area contributed by atoms with E-state index >= 15 is 0 Å². The molecule has 0 radical (unpaired) electrons. The van der Waals surface area contributed by atoms with Gasteiger partial charge in [0.25, 0.3) is 0 Å². The minimum Gasteiger partial charge on any atom is -0.379 e. The summed E-state index contributed by atoms with van der Waals surface area (Å²) >= 11 is 0. The lowest BCUT2D eigenvalue weighted by Gasteiger charge is -2.26. The monoisotopic (exact) mass is 212 g/mol. The first-order valence-corrected chi connectivity index (χ1v) is 5.94. The number of carbonyl (C=O) groups excluding carboxylic acids is 1. The molecular formula is C11H20N2O2. The third kappa shape index (κ3) is 3.47. The van der Waals surface area contributed by atoms with E-state index in [9.17, 15) is 4.79 Å². The van der Waals surface area contributed by atoms with Crippen LogP contribution in [0, 0.1) is 0 Å². The second kappa shape index (κ2) is 5.47. The summed E-state index contributed by atoms with van der Waals surface area (Å²) in [6, 6.07) is 0.443. The maximum atomic E-state index is 11.7. The zero-order chi connectivity index (χ0) is 10.5. The van der Waals surface area contributed by atoms with Gasteiger partial charge in [-0.3, -0.25) is 9.69 Å². The summed E-state index contributed by atoms with van der Waals surface area (Å²) < 4.78 is 5.24. The smallest absolute Gasteiger partial charge is 0.234 e. The number of rotatable bonds is 3. The first-order valence-electron chi connectivity index (χ1n) is 5.94. The summed E-state index contributed by atoms with van der Waals surface area (Å²) in [5.74, 6) is 0.184. The van der Waals surface area contributed by atoms with Crippen LogP contribution >= 0.6 is 0 Å². The van der Waals surface area contributed by atoms with E-state index in [1.54, 1.807) is 0 Å². The first-order chi connectivity index (χ1) is 7.34. The zero-order valence-electron chi connectivity index (χ0n) is 9.21. The Morgan fingerprint density at radius 1 is 1.27 bits per heavy atom. The molecule has 1 saturated heterocycles. The minimum atomic E-state index is 0.184. The molecular weight excluding hydrogens is 192 g/mol. The molecule has 86 valence electrons. The number of amides is 1. The van der Waals surface area contributed by atoms with Gasteiger partial charge in [-0.1, -0.05) is 12.8 Å². The molecule has 1 heterocycles. The second-order valence-corrected chi connectivity index (χ2v) is 4.44. The first kappa shape index (κ1) is 10.9. The molecule has 1 aliphatic carbocycles. The minimum absolute atomic E-state index is 0.184. The van der Waals surface area contributed by atoms with Crippen LogP contribution in [0.1, 0.15) is 25.7 Å². The van der Waals surface area contributed by atoms with Crippen molar-refractivity contribution in [1.82, 2.24) is 10.2 Å². The number of hydrogen-bond acceptors (Lipinski definition) is 3. The Balaban J connectivity index is 1.66. The van der Waals surface area contributed by atoms with Crippen LogP contribution in [0.2, 0.25) is 0 Å². The van der Waals surface area contributed by atoms with E-state index < -0.39 is 0 Å².